The van der Waals surface area contributed by atoms with Crippen molar-refractivity contribution in [2.75, 3.05) is 0 Å². The lowest BCUT2D eigenvalue weighted by atomic mass is 10.0. The number of hydrogen-bond acceptors (Lipinski definition) is 4. The summed E-state index contributed by atoms with van der Waals surface area (Å²) in [5, 5.41) is 5.30. The average molecular weight is 500 g/mol. The maximum absolute atomic E-state index is 6.20. The Kier molecular flexibility index (Phi) is 5.01. The fourth-order valence-corrected chi connectivity index (χ4v) is 5.97. The van der Waals surface area contributed by atoms with E-state index in [9.17, 15) is 0 Å². The molecule has 0 saturated carbocycles. The van der Waals surface area contributed by atoms with E-state index in [1.54, 1.807) is 11.3 Å². The molecule has 0 spiro atoms. The summed E-state index contributed by atoms with van der Waals surface area (Å²) in [7, 11) is 0. The Hall–Kier alpha value is -4.12. The zero-order valence-corrected chi connectivity index (χ0v) is 20.6. The minimum atomic E-state index is 0.646. The first-order valence-electron chi connectivity index (χ1n) is 11.6. The van der Waals surface area contributed by atoms with Crippen molar-refractivity contribution in [1.29, 1.82) is 0 Å². The third-order valence-electron chi connectivity index (χ3n) is 6.37. The molecule has 0 radical (unpaired) electrons. The Balaban J connectivity index is 1.50. The van der Waals surface area contributed by atoms with Crippen molar-refractivity contribution in [2.45, 2.75) is 0 Å². The third-order valence-corrected chi connectivity index (χ3v) is 7.74. The molecule has 0 aliphatic rings. The molecule has 0 atom stereocenters. The van der Waals surface area contributed by atoms with Crippen molar-refractivity contribution in [1.82, 2.24) is 15.0 Å². The Morgan fingerprint density at radius 2 is 1.22 bits per heavy atom. The molecule has 0 aliphatic carbocycles. The molecule has 7 rings (SSSR count). The van der Waals surface area contributed by atoms with Crippen LogP contribution in [0, 0.1) is 0 Å². The van der Waals surface area contributed by atoms with Crippen molar-refractivity contribution in [3.05, 3.63) is 114 Å². The predicted octanol–water partition coefficient (Wildman–Crippen LogP) is 9.05. The van der Waals surface area contributed by atoms with Crippen LogP contribution < -0.4 is 0 Å². The first-order chi connectivity index (χ1) is 17.7. The number of benzene rings is 5. The molecule has 0 aliphatic heterocycles. The van der Waals surface area contributed by atoms with Crippen LogP contribution in [0.25, 0.3) is 65.1 Å². The molecule has 5 heteroatoms. The van der Waals surface area contributed by atoms with Gasteiger partial charge >= 0.3 is 0 Å². The quantitative estimate of drug-likeness (QED) is 0.243. The Labute approximate surface area is 216 Å². The Bertz CT molecular complexity index is 1910. The molecule has 36 heavy (non-hydrogen) atoms. The molecule has 0 N–H and O–H groups in total. The van der Waals surface area contributed by atoms with Crippen LogP contribution in [0.2, 0.25) is 5.02 Å². The van der Waals surface area contributed by atoms with Gasteiger partial charge in [-0.2, -0.15) is 0 Å². The summed E-state index contributed by atoms with van der Waals surface area (Å²) < 4.78 is 2.48. The number of thiophene rings is 1. The smallest absolute Gasteiger partial charge is 0.164 e. The monoisotopic (exact) mass is 499 g/mol. The van der Waals surface area contributed by atoms with Crippen molar-refractivity contribution < 1.29 is 0 Å². The largest absolute Gasteiger partial charge is 0.208 e. The van der Waals surface area contributed by atoms with Crippen LogP contribution in [0.5, 0.6) is 0 Å². The maximum atomic E-state index is 6.20. The second-order valence-electron chi connectivity index (χ2n) is 8.66. The van der Waals surface area contributed by atoms with E-state index in [0.29, 0.717) is 17.5 Å². The molecule has 0 saturated heterocycles. The van der Waals surface area contributed by atoms with Gasteiger partial charge in [0, 0.05) is 41.9 Å². The molecule has 5 aromatic carbocycles. The van der Waals surface area contributed by atoms with Crippen molar-refractivity contribution in [3.63, 3.8) is 0 Å². The molecular weight excluding hydrogens is 482 g/mol. The second-order valence-corrected chi connectivity index (χ2v) is 10.2. The van der Waals surface area contributed by atoms with Gasteiger partial charge in [-0.15, -0.1) is 11.3 Å². The molecule has 0 amide bonds. The normalized spacial score (nSPS) is 11.5. The van der Waals surface area contributed by atoms with Crippen LogP contribution in [0.3, 0.4) is 0 Å². The van der Waals surface area contributed by atoms with E-state index >= 15 is 0 Å². The van der Waals surface area contributed by atoms with Gasteiger partial charge in [-0.1, -0.05) is 90.5 Å². The lowest BCUT2D eigenvalue weighted by Crippen LogP contribution is -2.00. The summed E-state index contributed by atoms with van der Waals surface area (Å²) in [6.07, 6.45) is 0. The predicted molar refractivity (Wildman–Crippen MR) is 152 cm³/mol. The van der Waals surface area contributed by atoms with Gasteiger partial charge in [0.2, 0.25) is 0 Å². The standard InChI is InChI=1S/C31H18ClN3S/c32-23-16-15-20-17-22(14-13-21(20)18-23)30-33-29(19-7-2-1-3-8-19)34-31(35-30)25-10-6-12-27-28(25)24-9-4-5-11-26(24)36-27/h1-18H. The van der Waals surface area contributed by atoms with Gasteiger partial charge in [-0.05, 0) is 41.1 Å². The van der Waals surface area contributed by atoms with Crippen molar-refractivity contribution in [3.8, 4) is 34.2 Å². The first-order valence-corrected chi connectivity index (χ1v) is 12.8. The van der Waals surface area contributed by atoms with Gasteiger partial charge in [0.05, 0.1) is 0 Å². The topological polar surface area (TPSA) is 38.7 Å². The van der Waals surface area contributed by atoms with Gasteiger partial charge in [-0.25, -0.2) is 15.0 Å². The molecule has 2 aromatic heterocycles. The number of halogens is 1. The summed E-state index contributed by atoms with van der Waals surface area (Å²) >= 11 is 7.99. The molecule has 0 unspecified atom stereocenters. The molecular formula is C31H18ClN3S. The SMILES string of the molecule is Clc1ccc2cc(-c3nc(-c4ccccc4)nc(-c4cccc5sc6ccccc6c45)n3)ccc2c1. The highest BCUT2D eigenvalue weighted by Crippen LogP contribution is 2.39. The summed E-state index contributed by atoms with van der Waals surface area (Å²) in [4.78, 5) is 14.9. The van der Waals surface area contributed by atoms with Crippen LogP contribution in [0.15, 0.2) is 109 Å². The van der Waals surface area contributed by atoms with E-state index in [1.165, 1.54) is 20.2 Å². The number of rotatable bonds is 3. The minimum absolute atomic E-state index is 0.646. The van der Waals surface area contributed by atoms with Gasteiger partial charge in [-0.3, -0.25) is 0 Å². The Morgan fingerprint density at radius 3 is 2.11 bits per heavy atom. The van der Waals surface area contributed by atoms with E-state index < -0.39 is 0 Å². The summed E-state index contributed by atoms with van der Waals surface area (Å²) in [5.41, 5.74) is 2.91. The van der Waals surface area contributed by atoms with E-state index in [-0.39, 0.29) is 0 Å². The van der Waals surface area contributed by atoms with Gasteiger partial charge < -0.3 is 0 Å². The van der Waals surface area contributed by atoms with Crippen LogP contribution in [0.4, 0.5) is 0 Å². The van der Waals surface area contributed by atoms with E-state index in [4.69, 9.17) is 26.6 Å². The molecule has 2 heterocycles. The van der Waals surface area contributed by atoms with Gasteiger partial charge in [0.25, 0.3) is 0 Å². The number of aromatic nitrogens is 3. The molecule has 170 valence electrons. The van der Waals surface area contributed by atoms with E-state index in [0.717, 1.165) is 32.5 Å². The molecule has 0 bridgehead atoms. The Morgan fingerprint density at radius 1 is 0.528 bits per heavy atom. The summed E-state index contributed by atoms with van der Waals surface area (Å²) in [6.45, 7) is 0. The molecule has 0 fully saturated rings. The summed E-state index contributed by atoms with van der Waals surface area (Å²) in [6, 6.07) is 37.1. The van der Waals surface area contributed by atoms with E-state index in [1.807, 2.05) is 54.6 Å². The fourth-order valence-electron chi connectivity index (χ4n) is 4.66. The van der Waals surface area contributed by atoms with Gasteiger partial charge in [0.15, 0.2) is 17.5 Å². The third kappa shape index (κ3) is 3.63. The lowest BCUT2D eigenvalue weighted by molar-refractivity contribution is 1.08. The van der Waals surface area contributed by atoms with Crippen LogP contribution in [0.1, 0.15) is 0 Å². The highest BCUT2D eigenvalue weighted by molar-refractivity contribution is 7.25. The van der Waals surface area contributed by atoms with Crippen molar-refractivity contribution in [2.24, 2.45) is 0 Å². The second kappa shape index (κ2) is 8.52. The maximum Gasteiger partial charge on any atom is 0.164 e. The summed E-state index contributed by atoms with van der Waals surface area (Å²) in [5.74, 6) is 1.97. The fraction of sp³-hybridized carbons (Fsp3) is 0. The minimum Gasteiger partial charge on any atom is -0.208 e. The lowest BCUT2D eigenvalue weighted by Gasteiger charge is -2.10. The molecule has 3 nitrogen and oxygen atoms in total. The number of nitrogens with zero attached hydrogens (tertiary/aromatic N) is 3. The number of fused-ring (bicyclic) bond motifs is 4. The highest BCUT2D eigenvalue weighted by atomic mass is 35.5. The van der Waals surface area contributed by atoms with Gasteiger partial charge in [0.1, 0.15) is 0 Å². The van der Waals surface area contributed by atoms with E-state index in [2.05, 4.69) is 54.6 Å². The first kappa shape index (κ1) is 21.2. The van der Waals surface area contributed by atoms with Crippen molar-refractivity contribution >= 4 is 53.9 Å². The van der Waals surface area contributed by atoms with Crippen LogP contribution >= 0.6 is 22.9 Å². The molecule has 7 aromatic rings. The highest BCUT2D eigenvalue weighted by Gasteiger charge is 2.16. The zero-order chi connectivity index (χ0) is 24.1. The van der Waals surface area contributed by atoms with Crippen LogP contribution in [-0.2, 0) is 0 Å². The average Bonchev–Trinajstić information content (AvgIpc) is 3.32. The number of hydrogen-bond donors (Lipinski definition) is 0. The van der Waals surface area contributed by atoms with Crippen LogP contribution in [-0.4, -0.2) is 15.0 Å². The zero-order valence-electron chi connectivity index (χ0n) is 19.0.